The fraction of sp³-hybridized carbons (Fsp3) is 0.176. The number of hydrogen-bond donors (Lipinski definition) is 2. The Morgan fingerprint density at radius 1 is 1.23 bits per heavy atom. The number of nitrogens with two attached hydrogens (primary N) is 1. The smallest absolute Gasteiger partial charge is 0.263 e. The lowest BCUT2D eigenvalue weighted by atomic mass is 10.1. The number of rotatable bonds is 7. The summed E-state index contributed by atoms with van der Waals surface area (Å²) in [4.78, 5) is 22.1. The number of Topliss-reactive ketones (excluding diaryl/α,β-unsaturated/α-hetero) is 1. The Kier molecular flexibility index (Phi) is 5.89. The number of anilines is 1. The third-order valence-corrected chi connectivity index (χ3v) is 5.26. The van der Waals surface area contributed by atoms with Crippen molar-refractivity contribution in [3.05, 3.63) is 52.5 Å². The van der Waals surface area contributed by atoms with Crippen LogP contribution < -0.4 is 15.2 Å². The molecule has 2 aromatic carbocycles. The first-order valence-corrected chi connectivity index (χ1v) is 9.31. The molecule has 0 spiro atoms. The summed E-state index contributed by atoms with van der Waals surface area (Å²) in [6.45, 7) is 2.64. The number of nitrogens with one attached hydrogen (secondary N) is 1. The van der Waals surface area contributed by atoms with E-state index in [0.29, 0.717) is 11.1 Å². The standard InChI is InChI=1S/C17H17ClN2O5S/c1-10-6-14(18)16(8-15(10)25-9-17(19)22)26(23,24)20-13-5-3-4-12(7-13)11(2)21/h3-8,20H,9H2,1-2H3,(H2,19,22). The highest BCUT2D eigenvalue weighted by atomic mass is 35.5. The molecule has 0 aliphatic carbocycles. The number of ketones is 1. The molecule has 2 aromatic rings. The number of amides is 1. The number of sulfonamides is 1. The number of primary amides is 1. The molecular weight excluding hydrogens is 380 g/mol. The number of hydrogen-bond acceptors (Lipinski definition) is 5. The maximum Gasteiger partial charge on any atom is 0.263 e. The van der Waals surface area contributed by atoms with Gasteiger partial charge in [-0.15, -0.1) is 0 Å². The Morgan fingerprint density at radius 3 is 2.54 bits per heavy atom. The molecule has 0 saturated carbocycles. The molecule has 0 bridgehead atoms. The highest BCUT2D eigenvalue weighted by molar-refractivity contribution is 7.92. The highest BCUT2D eigenvalue weighted by Crippen LogP contribution is 2.31. The van der Waals surface area contributed by atoms with Gasteiger partial charge in [0.15, 0.2) is 12.4 Å². The first-order chi connectivity index (χ1) is 12.1. The summed E-state index contributed by atoms with van der Waals surface area (Å²) >= 11 is 6.08. The zero-order valence-electron chi connectivity index (χ0n) is 14.1. The molecule has 0 fully saturated rings. The third-order valence-electron chi connectivity index (χ3n) is 3.41. The van der Waals surface area contributed by atoms with Gasteiger partial charge < -0.3 is 10.5 Å². The molecule has 0 radical (unpaired) electrons. The minimum absolute atomic E-state index is 0.0100. The molecule has 1 amide bonds. The van der Waals surface area contributed by atoms with Gasteiger partial charge >= 0.3 is 0 Å². The Labute approximate surface area is 156 Å². The fourth-order valence-electron chi connectivity index (χ4n) is 2.16. The van der Waals surface area contributed by atoms with Crippen LogP contribution in [0.15, 0.2) is 41.3 Å². The molecule has 0 heterocycles. The molecule has 0 aliphatic heterocycles. The molecule has 9 heteroatoms. The zero-order chi connectivity index (χ0) is 19.5. The van der Waals surface area contributed by atoms with Crippen molar-refractivity contribution in [1.82, 2.24) is 0 Å². The summed E-state index contributed by atoms with van der Waals surface area (Å²) < 4.78 is 32.9. The minimum atomic E-state index is -4.05. The summed E-state index contributed by atoms with van der Waals surface area (Å²) in [6, 6.07) is 8.71. The molecule has 7 nitrogen and oxygen atoms in total. The average Bonchev–Trinajstić information content (AvgIpc) is 2.53. The second-order valence-electron chi connectivity index (χ2n) is 5.55. The van der Waals surface area contributed by atoms with E-state index in [2.05, 4.69) is 4.72 Å². The van der Waals surface area contributed by atoms with Crippen LogP contribution in [-0.2, 0) is 14.8 Å². The molecule has 138 valence electrons. The van der Waals surface area contributed by atoms with Crippen LogP contribution in [0.5, 0.6) is 5.75 Å². The monoisotopic (exact) mass is 396 g/mol. The van der Waals surface area contributed by atoms with E-state index in [1.165, 1.54) is 31.2 Å². The van der Waals surface area contributed by atoms with Gasteiger partial charge in [0, 0.05) is 17.3 Å². The predicted molar refractivity (Wildman–Crippen MR) is 98.1 cm³/mol. The summed E-state index contributed by atoms with van der Waals surface area (Å²) in [6.07, 6.45) is 0. The van der Waals surface area contributed by atoms with E-state index in [0.717, 1.165) is 0 Å². The number of benzene rings is 2. The van der Waals surface area contributed by atoms with E-state index >= 15 is 0 Å². The van der Waals surface area contributed by atoms with Gasteiger partial charge in [0.1, 0.15) is 10.6 Å². The molecule has 3 N–H and O–H groups in total. The first kappa shape index (κ1) is 19.7. The summed E-state index contributed by atoms with van der Waals surface area (Å²) in [5.74, 6) is -0.712. The largest absolute Gasteiger partial charge is 0.483 e. The maximum atomic E-state index is 12.7. The molecule has 26 heavy (non-hydrogen) atoms. The van der Waals surface area contributed by atoms with Crippen LogP contribution in [-0.4, -0.2) is 26.7 Å². The van der Waals surface area contributed by atoms with Crippen molar-refractivity contribution in [2.75, 3.05) is 11.3 Å². The van der Waals surface area contributed by atoms with Crippen molar-refractivity contribution in [1.29, 1.82) is 0 Å². The quantitative estimate of drug-likeness (QED) is 0.697. The van der Waals surface area contributed by atoms with Gasteiger partial charge in [0.25, 0.3) is 15.9 Å². The van der Waals surface area contributed by atoms with Gasteiger partial charge in [-0.2, -0.15) is 0 Å². The Bertz CT molecular complexity index is 973. The van der Waals surface area contributed by atoms with Crippen molar-refractivity contribution in [2.24, 2.45) is 5.73 Å². The lowest BCUT2D eigenvalue weighted by Gasteiger charge is -2.14. The van der Waals surface area contributed by atoms with Gasteiger partial charge in [-0.05, 0) is 37.6 Å². The summed E-state index contributed by atoms with van der Waals surface area (Å²) in [5, 5.41) is -0.0100. The predicted octanol–water partition coefficient (Wildman–Crippen LogP) is 2.52. The number of carbonyl (C=O) groups excluding carboxylic acids is 2. The topological polar surface area (TPSA) is 116 Å². The van der Waals surface area contributed by atoms with E-state index in [9.17, 15) is 18.0 Å². The van der Waals surface area contributed by atoms with E-state index in [4.69, 9.17) is 22.1 Å². The molecular formula is C17H17ClN2O5S. The first-order valence-electron chi connectivity index (χ1n) is 7.45. The lowest BCUT2D eigenvalue weighted by molar-refractivity contribution is -0.119. The van der Waals surface area contributed by atoms with Gasteiger partial charge in [-0.1, -0.05) is 23.7 Å². The van der Waals surface area contributed by atoms with Crippen molar-refractivity contribution in [3.63, 3.8) is 0 Å². The maximum absolute atomic E-state index is 12.7. The van der Waals surface area contributed by atoms with Crippen LogP contribution in [0.1, 0.15) is 22.8 Å². The molecule has 2 rings (SSSR count). The van der Waals surface area contributed by atoms with E-state index in [1.54, 1.807) is 19.1 Å². The van der Waals surface area contributed by atoms with Crippen LogP contribution >= 0.6 is 11.6 Å². The zero-order valence-corrected chi connectivity index (χ0v) is 15.6. The van der Waals surface area contributed by atoms with Crippen molar-refractivity contribution < 1.29 is 22.7 Å². The van der Waals surface area contributed by atoms with Gasteiger partial charge in [0.05, 0.1) is 5.02 Å². The normalized spacial score (nSPS) is 11.0. The molecule has 0 saturated heterocycles. The van der Waals surface area contributed by atoms with E-state index in [1.807, 2.05) is 0 Å². The van der Waals surface area contributed by atoms with Crippen LogP contribution in [0.3, 0.4) is 0 Å². The van der Waals surface area contributed by atoms with Gasteiger partial charge in [-0.3, -0.25) is 14.3 Å². The second kappa shape index (κ2) is 7.76. The number of halogens is 1. The van der Waals surface area contributed by atoms with E-state index < -0.39 is 22.5 Å². The van der Waals surface area contributed by atoms with Crippen molar-refractivity contribution in [2.45, 2.75) is 18.7 Å². The van der Waals surface area contributed by atoms with E-state index in [-0.39, 0.29) is 27.1 Å². The van der Waals surface area contributed by atoms with Crippen LogP contribution in [0.25, 0.3) is 0 Å². The van der Waals surface area contributed by atoms with Gasteiger partial charge in [0.2, 0.25) is 0 Å². The Balaban J connectivity index is 2.39. The van der Waals surface area contributed by atoms with Crippen LogP contribution in [0, 0.1) is 6.92 Å². The highest BCUT2D eigenvalue weighted by Gasteiger charge is 2.21. The molecule has 0 atom stereocenters. The number of aryl methyl sites for hydroxylation is 1. The summed E-state index contributed by atoms with van der Waals surface area (Å²) in [5.41, 5.74) is 6.17. The minimum Gasteiger partial charge on any atom is -0.483 e. The Morgan fingerprint density at radius 2 is 1.92 bits per heavy atom. The Hall–Kier alpha value is -2.58. The SMILES string of the molecule is CC(=O)c1cccc(NS(=O)(=O)c2cc(OCC(N)=O)c(C)cc2Cl)c1. The molecule has 0 unspecified atom stereocenters. The van der Waals surface area contributed by atoms with Crippen molar-refractivity contribution in [3.8, 4) is 5.75 Å². The second-order valence-corrected chi connectivity index (χ2v) is 7.60. The third kappa shape index (κ3) is 4.74. The van der Waals surface area contributed by atoms with Crippen LogP contribution in [0.2, 0.25) is 5.02 Å². The average molecular weight is 397 g/mol. The van der Waals surface area contributed by atoms with Crippen LogP contribution in [0.4, 0.5) is 5.69 Å². The van der Waals surface area contributed by atoms with Gasteiger partial charge in [-0.25, -0.2) is 8.42 Å². The number of ether oxygens (including phenoxy) is 1. The molecule has 0 aliphatic rings. The number of carbonyl (C=O) groups is 2. The molecule has 0 aromatic heterocycles. The summed E-state index contributed by atoms with van der Waals surface area (Å²) in [7, 11) is -4.05. The van der Waals surface area contributed by atoms with Crippen molar-refractivity contribution >= 4 is 39.0 Å². The fourth-order valence-corrected chi connectivity index (χ4v) is 3.80. The lowest BCUT2D eigenvalue weighted by Crippen LogP contribution is -2.20.